The van der Waals surface area contributed by atoms with E-state index in [1.54, 1.807) is 26.5 Å². The number of pyridine rings is 1. The summed E-state index contributed by atoms with van der Waals surface area (Å²) in [5.74, 6) is 1.76. The van der Waals surface area contributed by atoms with E-state index in [-0.39, 0.29) is 5.91 Å². The maximum absolute atomic E-state index is 13.8. The maximum atomic E-state index is 13.8. The van der Waals surface area contributed by atoms with Gasteiger partial charge in [-0.15, -0.1) is 0 Å². The van der Waals surface area contributed by atoms with Crippen LogP contribution < -0.4 is 20.1 Å². The summed E-state index contributed by atoms with van der Waals surface area (Å²) in [7, 11) is 3.24. The Morgan fingerprint density at radius 1 is 0.841 bits per heavy atom. The molecule has 0 saturated heterocycles. The first-order valence-corrected chi connectivity index (χ1v) is 14.4. The number of aryl methyl sites for hydroxylation is 1. The standard InChI is InChI=1S/C35H30ClN5O3/c1-21-11-14-25-26(15-16-37-30(25)17-22-7-4-5-10-29(22)36)32(21)41-35(42)28-9-6-8-27-33(28)39-20-40-34(27)38-19-23-12-13-24(43-2)18-31(23)44-3/h4-16,18,20H,17,19H2,1-3H3,(H,41,42)(H,38,39,40). The molecule has 8 nitrogen and oxygen atoms in total. The van der Waals surface area contributed by atoms with Gasteiger partial charge in [-0.05, 0) is 54.4 Å². The summed E-state index contributed by atoms with van der Waals surface area (Å²) in [4.78, 5) is 27.4. The monoisotopic (exact) mass is 603 g/mol. The Morgan fingerprint density at radius 2 is 1.70 bits per heavy atom. The normalized spacial score (nSPS) is 11.0. The number of methoxy groups -OCH3 is 2. The highest BCUT2D eigenvalue weighted by Crippen LogP contribution is 2.32. The van der Waals surface area contributed by atoms with E-state index in [9.17, 15) is 4.79 Å². The molecule has 6 rings (SSSR count). The first kappa shape index (κ1) is 28.9. The largest absolute Gasteiger partial charge is 0.497 e. The number of aromatic nitrogens is 3. The number of fused-ring (bicyclic) bond motifs is 2. The average Bonchev–Trinajstić information content (AvgIpc) is 3.05. The highest BCUT2D eigenvalue weighted by molar-refractivity contribution is 6.31. The predicted octanol–water partition coefficient (Wildman–Crippen LogP) is 7.61. The second kappa shape index (κ2) is 12.6. The molecule has 0 aliphatic heterocycles. The Bertz CT molecular complexity index is 2010. The van der Waals surface area contributed by atoms with Gasteiger partial charge in [0.25, 0.3) is 5.91 Å². The maximum Gasteiger partial charge on any atom is 0.257 e. The summed E-state index contributed by atoms with van der Waals surface area (Å²) in [6.07, 6.45) is 3.80. The minimum atomic E-state index is -0.267. The molecule has 0 aliphatic carbocycles. The molecule has 0 atom stereocenters. The molecule has 6 aromatic rings. The molecule has 9 heteroatoms. The van der Waals surface area contributed by atoms with Gasteiger partial charge in [-0.3, -0.25) is 9.78 Å². The van der Waals surface area contributed by atoms with Gasteiger partial charge in [0.2, 0.25) is 0 Å². The number of benzene rings is 4. The van der Waals surface area contributed by atoms with Crippen molar-refractivity contribution in [3.05, 3.63) is 124 Å². The fourth-order valence-electron chi connectivity index (χ4n) is 5.32. The molecule has 0 aliphatic rings. The third-order valence-corrected chi connectivity index (χ3v) is 8.01. The highest BCUT2D eigenvalue weighted by atomic mass is 35.5. The molecule has 2 N–H and O–H groups in total. The highest BCUT2D eigenvalue weighted by Gasteiger charge is 2.18. The molecule has 0 radical (unpaired) electrons. The summed E-state index contributed by atoms with van der Waals surface area (Å²) in [5, 5.41) is 9.82. The van der Waals surface area contributed by atoms with Gasteiger partial charge in [0.1, 0.15) is 23.6 Å². The van der Waals surface area contributed by atoms with E-state index < -0.39 is 0 Å². The van der Waals surface area contributed by atoms with E-state index >= 15 is 0 Å². The van der Waals surface area contributed by atoms with Crippen LogP contribution in [0.3, 0.4) is 0 Å². The third kappa shape index (κ3) is 5.72. The second-order valence-corrected chi connectivity index (χ2v) is 10.7. The molecule has 0 bridgehead atoms. The lowest BCUT2D eigenvalue weighted by atomic mass is 10.00. The van der Waals surface area contributed by atoms with Crippen LogP contribution in [0.4, 0.5) is 11.5 Å². The van der Waals surface area contributed by atoms with E-state index in [0.717, 1.165) is 44.2 Å². The van der Waals surface area contributed by atoms with Crippen LogP contribution in [0, 0.1) is 6.92 Å². The van der Waals surface area contributed by atoms with Gasteiger partial charge in [-0.2, -0.15) is 0 Å². The van der Waals surface area contributed by atoms with E-state index in [1.807, 2.05) is 79.7 Å². The minimum Gasteiger partial charge on any atom is -0.497 e. The Labute approximate surface area is 260 Å². The van der Waals surface area contributed by atoms with Crippen LogP contribution in [0.1, 0.15) is 32.7 Å². The van der Waals surface area contributed by atoms with Crippen LogP contribution in [0.5, 0.6) is 11.5 Å². The Balaban J connectivity index is 1.30. The number of anilines is 2. The molecule has 220 valence electrons. The second-order valence-electron chi connectivity index (χ2n) is 10.3. The number of carbonyl (C=O) groups excluding carboxylic acids is 1. The van der Waals surface area contributed by atoms with Crippen molar-refractivity contribution >= 4 is 50.7 Å². The number of halogens is 1. The van der Waals surface area contributed by atoms with Crippen molar-refractivity contribution in [2.75, 3.05) is 24.9 Å². The van der Waals surface area contributed by atoms with Gasteiger partial charge < -0.3 is 20.1 Å². The van der Waals surface area contributed by atoms with Crippen molar-refractivity contribution in [2.45, 2.75) is 19.9 Å². The summed E-state index contributed by atoms with van der Waals surface area (Å²) in [6.45, 7) is 2.43. The zero-order chi connectivity index (χ0) is 30.6. The van der Waals surface area contributed by atoms with E-state index in [2.05, 4.69) is 25.6 Å². The Morgan fingerprint density at radius 3 is 2.52 bits per heavy atom. The molecule has 0 saturated carbocycles. The summed E-state index contributed by atoms with van der Waals surface area (Å²) < 4.78 is 10.8. The van der Waals surface area contributed by atoms with Crippen LogP contribution in [-0.4, -0.2) is 35.1 Å². The van der Waals surface area contributed by atoms with Gasteiger partial charge in [-0.1, -0.05) is 48.0 Å². The Kier molecular flexibility index (Phi) is 8.25. The summed E-state index contributed by atoms with van der Waals surface area (Å²) in [5.41, 5.74) is 5.46. The number of rotatable bonds is 9. The molecule has 0 unspecified atom stereocenters. The van der Waals surface area contributed by atoms with Gasteiger partial charge in [0, 0.05) is 52.0 Å². The molecule has 0 spiro atoms. The van der Waals surface area contributed by atoms with Crippen molar-refractivity contribution in [3.8, 4) is 11.5 Å². The molecular formula is C35H30ClN5O3. The van der Waals surface area contributed by atoms with Crippen molar-refractivity contribution in [3.63, 3.8) is 0 Å². The van der Waals surface area contributed by atoms with E-state index in [1.165, 1.54) is 6.33 Å². The fourth-order valence-corrected chi connectivity index (χ4v) is 5.53. The number of carbonyl (C=O) groups is 1. The number of amides is 1. The average molecular weight is 604 g/mol. The van der Waals surface area contributed by atoms with Crippen LogP contribution in [-0.2, 0) is 13.0 Å². The fraction of sp³-hybridized carbons (Fsp3) is 0.143. The summed E-state index contributed by atoms with van der Waals surface area (Å²) in [6, 6.07) is 24.9. The molecule has 44 heavy (non-hydrogen) atoms. The van der Waals surface area contributed by atoms with Gasteiger partial charge in [0.15, 0.2) is 0 Å². The smallest absolute Gasteiger partial charge is 0.257 e. The SMILES string of the molecule is COc1ccc(CNc2ncnc3c(C(=O)Nc4c(C)ccc5c(Cc6ccccc6Cl)nccc45)cccc23)c(OC)c1. The quantitative estimate of drug-likeness (QED) is 0.175. The van der Waals surface area contributed by atoms with Crippen LogP contribution >= 0.6 is 11.6 Å². The molecule has 4 aromatic carbocycles. The molecule has 1 amide bonds. The summed E-state index contributed by atoms with van der Waals surface area (Å²) >= 11 is 6.44. The van der Waals surface area contributed by atoms with Crippen LogP contribution in [0.2, 0.25) is 5.02 Å². The first-order valence-electron chi connectivity index (χ1n) is 14.1. The number of para-hydroxylation sites is 1. The predicted molar refractivity (Wildman–Crippen MR) is 175 cm³/mol. The minimum absolute atomic E-state index is 0.267. The van der Waals surface area contributed by atoms with E-state index in [4.69, 9.17) is 21.1 Å². The number of hydrogen-bond donors (Lipinski definition) is 2. The number of ether oxygens (including phenoxy) is 2. The van der Waals surface area contributed by atoms with Crippen molar-refractivity contribution in [2.24, 2.45) is 0 Å². The van der Waals surface area contributed by atoms with Gasteiger partial charge in [0.05, 0.1) is 36.7 Å². The lowest BCUT2D eigenvalue weighted by Gasteiger charge is -2.16. The topological polar surface area (TPSA) is 98.3 Å². The lowest BCUT2D eigenvalue weighted by Crippen LogP contribution is -2.15. The molecule has 0 fully saturated rings. The number of hydrogen-bond acceptors (Lipinski definition) is 7. The van der Waals surface area contributed by atoms with Crippen molar-refractivity contribution in [1.29, 1.82) is 0 Å². The lowest BCUT2D eigenvalue weighted by molar-refractivity contribution is 0.102. The van der Waals surface area contributed by atoms with Crippen LogP contribution in [0.25, 0.3) is 21.7 Å². The van der Waals surface area contributed by atoms with Crippen molar-refractivity contribution < 1.29 is 14.3 Å². The Hall–Kier alpha value is -5.21. The number of nitrogens with zero attached hydrogens (tertiary/aromatic N) is 3. The number of nitrogens with one attached hydrogen (secondary N) is 2. The zero-order valence-electron chi connectivity index (χ0n) is 24.5. The third-order valence-electron chi connectivity index (χ3n) is 7.64. The van der Waals surface area contributed by atoms with Gasteiger partial charge in [-0.25, -0.2) is 9.97 Å². The van der Waals surface area contributed by atoms with E-state index in [0.29, 0.717) is 46.4 Å². The van der Waals surface area contributed by atoms with Crippen LogP contribution in [0.15, 0.2) is 91.4 Å². The zero-order valence-corrected chi connectivity index (χ0v) is 25.3. The first-order chi connectivity index (χ1) is 21.5. The van der Waals surface area contributed by atoms with Crippen molar-refractivity contribution in [1.82, 2.24) is 15.0 Å². The molecule has 2 heterocycles. The van der Waals surface area contributed by atoms with Gasteiger partial charge >= 0.3 is 0 Å². The molecule has 2 aromatic heterocycles. The molecular weight excluding hydrogens is 574 g/mol.